The van der Waals surface area contributed by atoms with Gasteiger partial charge in [0.25, 0.3) is 0 Å². The summed E-state index contributed by atoms with van der Waals surface area (Å²) in [5.41, 5.74) is 2.08. The van der Waals surface area contributed by atoms with E-state index in [9.17, 15) is 9.18 Å². The van der Waals surface area contributed by atoms with Crippen molar-refractivity contribution in [3.63, 3.8) is 0 Å². The van der Waals surface area contributed by atoms with E-state index in [1.165, 1.54) is 13.2 Å². The number of carbonyl (C=O) groups is 1. The van der Waals surface area contributed by atoms with E-state index in [1.807, 2.05) is 6.92 Å². The summed E-state index contributed by atoms with van der Waals surface area (Å²) in [4.78, 5) is 20.3. The number of para-hydroxylation sites is 1. The summed E-state index contributed by atoms with van der Waals surface area (Å²) < 4.78 is 18.5. The molecule has 0 fully saturated rings. The highest BCUT2D eigenvalue weighted by Gasteiger charge is 2.08. The van der Waals surface area contributed by atoms with Gasteiger partial charge < -0.3 is 15.4 Å². The van der Waals surface area contributed by atoms with Crippen LogP contribution in [0.3, 0.4) is 0 Å². The number of nitrogens with one attached hydrogen (secondary N) is 2. The molecule has 1 aromatic heterocycles. The van der Waals surface area contributed by atoms with Crippen molar-refractivity contribution in [1.29, 1.82) is 0 Å². The van der Waals surface area contributed by atoms with Gasteiger partial charge in [0.05, 0.1) is 18.4 Å². The molecule has 7 heteroatoms. The standard InChI is InChI=1S/C19H17FN4O2/c1-12-10-17(22-14-7-5-6-13(11-14)18(25)26-2)24-19(21-12)23-16-9-4-3-8-15(16)20/h3-11H,1-2H3,(H2,21,22,23,24). The molecule has 2 aromatic carbocycles. The van der Waals surface area contributed by atoms with Crippen molar-refractivity contribution in [2.45, 2.75) is 6.92 Å². The third-order valence-electron chi connectivity index (χ3n) is 3.53. The van der Waals surface area contributed by atoms with Gasteiger partial charge in [-0.25, -0.2) is 14.2 Å². The van der Waals surface area contributed by atoms with Crippen LogP contribution in [-0.2, 0) is 4.74 Å². The van der Waals surface area contributed by atoms with Crippen molar-refractivity contribution in [1.82, 2.24) is 9.97 Å². The number of aromatic nitrogens is 2. The summed E-state index contributed by atoms with van der Waals surface area (Å²) in [6.45, 7) is 1.81. The van der Waals surface area contributed by atoms with E-state index in [-0.39, 0.29) is 11.6 Å². The number of ether oxygens (including phenoxy) is 1. The zero-order valence-corrected chi connectivity index (χ0v) is 14.3. The van der Waals surface area contributed by atoms with Crippen LogP contribution in [0.15, 0.2) is 54.6 Å². The number of aryl methyl sites for hydroxylation is 1. The molecule has 0 bridgehead atoms. The third kappa shape index (κ3) is 4.13. The van der Waals surface area contributed by atoms with E-state index < -0.39 is 11.8 Å². The van der Waals surface area contributed by atoms with E-state index >= 15 is 0 Å². The fraction of sp³-hybridized carbons (Fsp3) is 0.105. The Labute approximate surface area is 150 Å². The molecule has 0 aliphatic rings. The number of esters is 1. The maximum absolute atomic E-state index is 13.8. The summed E-state index contributed by atoms with van der Waals surface area (Å²) >= 11 is 0. The van der Waals surface area contributed by atoms with Crippen LogP contribution in [0.2, 0.25) is 0 Å². The lowest BCUT2D eigenvalue weighted by Gasteiger charge is -2.11. The Bertz CT molecular complexity index is 946. The van der Waals surface area contributed by atoms with Crippen LogP contribution in [0.4, 0.5) is 27.5 Å². The van der Waals surface area contributed by atoms with Gasteiger partial charge in [0.1, 0.15) is 11.6 Å². The molecule has 0 unspecified atom stereocenters. The quantitative estimate of drug-likeness (QED) is 0.670. The van der Waals surface area contributed by atoms with E-state index in [2.05, 4.69) is 20.6 Å². The maximum Gasteiger partial charge on any atom is 0.337 e. The Morgan fingerprint density at radius 3 is 2.62 bits per heavy atom. The van der Waals surface area contributed by atoms with Gasteiger partial charge in [-0.1, -0.05) is 18.2 Å². The van der Waals surface area contributed by atoms with Crippen LogP contribution in [0, 0.1) is 12.7 Å². The lowest BCUT2D eigenvalue weighted by molar-refractivity contribution is 0.0601. The number of methoxy groups -OCH3 is 1. The molecule has 0 atom stereocenters. The molecule has 26 heavy (non-hydrogen) atoms. The van der Waals surface area contributed by atoms with Crippen LogP contribution in [0.5, 0.6) is 0 Å². The minimum absolute atomic E-state index is 0.265. The van der Waals surface area contributed by atoms with Crippen molar-refractivity contribution in [2.75, 3.05) is 17.7 Å². The van der Waals surface area contributed by atoms with E-state index in [4.69, 9.17) is 4.74 Å². The largest absolute Gasteiger partial charge is 0.465 e. The molecule has 6 nitrogen and oxygen atoms in total. The second-order valence-electron chi connectivity index (χ2n) is 5.52. The maximum atomic E-state index is 13.8. The van der Waals surface area contributed by atoms with E-state index in [0.717, 1.165) is 0 Å². The number of hydrogen-bond donors (Lipinski definition) is 2. The summed E-state index contributed by atoms with van der Waals surface area (Å²) in [6.07, 6.45) is 0. The molecule has 2 N–H and O–H groups in total. The lowest BCUT2D eigenvalue weighted by Crippen LogP contribution is -2.04. The Kier molecular flexibility index (Phi) is 5.07. The summed E-state index contributed by atoms with van der Waals surface area (Å²) in [5, 5.41) is 5.98. The SMILES string of the molecule is COC(=O)c1cccc(Nc2cc(C)nc(Nc3ccccc3F)n2)c1. The van der Waals surface area contributed by atoms with Crippen LogP contribution >= 0.6 is 0 Å². The lowest BCUT2D eigenvalue weighted by atomic mass is 10.2. The first-order valence-corrected chi connectivity index (χ1v) is 7.88. The van der Waals surface area contributed by atoms with Gasteiger partial charge in [-0.15, -0.1) is 0 Å². The Balaban J connectivity index is 1.84. The first-order valence-electron chi connectivity index (χ1n) is 7.88. The molecular formula is C19H17FN4O2. The first kappa shape index (κ1) is 17.3. The minimum Gasteiger partial charge on any atom is -0.465 e. The van der Waals surface area contributed by atoms with E-state index in [0.29, 0.717) is 22.8 Å². The van der Waals surface area contributed by atoms with Crippen molar-refractivity contribution in [2.24, 2.45) is 0 Å². The van der Waals surface area contributed by atoms with Gasteiger partial charge in [-0.05, 0) is 37.3 Å². The van der Waals surface area contributed by atoms with Crippen molar-refractivity contribution in [3.05, 3.63) is 71.7 Å². The number of nitrogens with zero attached hydrogens (tertiary/aromatic N) is 2. The van der Waals surface area contributed by atoms with Crippen LogP contribution < -0.4 is 10.6 Å². The van der Waals surface area contributed by atoms with Gasteiger partial charge in [0, 0.05) is 17.4 Å². The molecular weight excluding hydrogens is 335 g/mol. The van der Waals surface area contributed by atoms with Gasteiger partial charge >= 0.3 is 5.97 Å². The molecule has 0 saturated carbocycles. The number of halogens is 1. The first-order chi connectivity index (χ1) is 12.5. The monoisotopic (exact) mass is 352 g/mol. The molecule has 3 aromatic rings. The van der Waals surface area contributed by atoms with Crippen LogP contribution in [0.25, 0.3) is 0 Å². The highest BCUT2D eigenvalue weighted by Crippen LogP contribution is 2.21. The summed E-state index contributed by atoms with van der Waals surface area (Å²) in [7, 11) is 1.33. The topological polar surface area (TPSA) is 76.1 Å². The number of anilines is 4. The number of benzene rings is 2. The number of carbonyl (C=O) groups excluding carboxylic acids is 1. The predicted molar refractivity (Wildman–Crippen MR) is 97.5 cm³/mol. The Morgan fingerprint density at radius 2 is 1.85 bits per heavy atom. The highest BCUT2D eigenvalue weighted by molar-refractivity contribution is 5.90. The zero-order chi connectivity index (χ0) is 18.5. The third-order valence-corrected chi connectivity index (χ3v) is 3.53. The molecule has 0 aliphatic carbocycles. The molecule has 3 rings (SSSR count). The molecule has 0 amide bonds. The fourth-order valence-corrected chi connectivity index (χ4v) is 2.36. The average Bonchev–Trinajstić information content (AvgIpc) is 2.63. The molecule has 132 valence electrons. The van der Waals surface area contributed by atoms with Crippen LogP contribution in [0.1, 0.15) is 16.1 Å². The smallest absolute Gasteiger partial charge is 0.337 e. The number of rotatable bonds is 5. The summed E-state index contributed by atoms with van der Waals surface area (Å²) in [5.74, 6) is -0.0348. The van der Waals surface area contributed by atoms with Crippen LogP contribution in [-0.4, -0.2) is 23.0 Å². The minimum atomic E-state index is -0.422. The molecule has 0 spiro atoms. The Hall–Kier alpha value is -3.48. The second kappa shape index (κ2) is 7.60. The van der Waals surface area contributed by atoms with Crippen molar-refractivity contribution >= 4 is 29.1 Å². The normalized spacial score (nSPS) is 10.3. The second-order valence-corrected chi connectivity index (χ2v) is 5.52. The van der Waals surface area contributed by atoms with Gasteiger partial charge in [-0.2, -0.15) is 4.98 Å². The molecule has 0 radical (unpaired) electrons. The number of hydrogen-bond acceptors (Lipinski definition) is 6. The van der Waals surface area contributed by atoms with Gasteiger partial charge in [-0.3, -0.25) is 0 Å². The Morgan fingerprint density at radius 1 is 1.04 bits per heavy atom. The molecule has 0 aliphatic heterocycles. The predicted octanol–water partition coefficient (Wildman–Crippen LogP) is 4.20. The zero-order valence-electron chi connectivity index (χ0n) is 14.3. The average molecular weight is 352 g/mol. The fourth-order valence-electron chi connectivity index (χ4n) is 2.36. The van der Waals surface area contributed by atoms with Gasteiger partial charge in [0.2, 0.25) is 5.95 Å². The summed E-state index contributed by atoms with van der Waals surface area (Å²) in [6, 6.07) is 14.9. The molecule has 1 heterocycles. The highest BCUT2D eigenvalue weighted by atomic mass is 19.1. The van der Waals surface area contributed by atoms with Gasteiger partial charge in [0.15, 0.2) is 0 Å². The van der Waals surface area contributed by atoms with Crippen molar-refractivity contribution in [3.8, 4) is 0 Å². The van der Waals surface area contributed by atoms with E-state index in [1.54, 1.807) is 48.5 Å². The molecule has 0 saturated heterocycles. The van der Waals surface area contributed by atoms with Crippen molar-refractivity contribution < 1.29 is 13.9 Å².